The van der Waals surface area contributed by atoms with Gasteiger partial charge in [0.1, 0.15) is 17.9 Å². The smallest absolute Gasteiger partial charge is 0.137 e. The molecule has 30 heavy (non-hydrogen) atoms. The van der Waals surface area contributed by atoms with Crippen molar-refractivity contribution in [2.24, 2.45) is 0 Å². The molecule has 0 amide bonds. The van der Waals surface area contributed by atoms with Gasteiger partial charge in [0.15, 0.2) is 0 Å². The van der Waals surface area contributed by atoms with Crippen molar-refractivity contribution in [3.63, 3.8) is 0 Å². The molecule has 2 fully saturated rings. The molecule has 2 aliphatic rings. The Morgan fingerprint density at radius 2 is 1.87 bits per heavy atom. The number of hydrogen-bond acceptors (Lipinski definition) is 7. The number of fused-ring (bicyclic) bond motifs is 1. The van der Waals surface area contributed by atoms with Crippen LogP contribution in [0.4, 0.5) is 5.82 Å². The van der Waals surface area contributed by atoms with Gasteiger partial charge < -0.3 is 15.2 Å². The number of ether oxygens (including phenoxy) is 1. The standard InChI is InChI=1S/C23H27N5O2/c1-30-20-12-28(13-20)18-5-3-17(4-6-18)27-23-21-9-15(2-7-22(21)25-14-26-23)16-8-19(29)11-24-10-16/h2,7-11,14,17-18,20,29H,3-6,12-13H2,1H3,(H,25,26,27)/t17-,18-. The lowest BCUT2D eigenvalue weighted by atomic mass is 9.88. The molecule has 1 saturated heterocycles. The van der Waals surface area contributed by atoms with Crippen LogP contribution in [0, 0.1) is 0 Å². The van der Waals surface area contributed by atoms with Gasteiger partial charge in [0.05, 0.1) is 17.8 Å². The van der Waals surface area contributed by atoms with Crippen molar-refractivity contribution in [1.82, 2.24) is 19.9 Å². The van der Waals surface area contributed by atoms with Crippen LogP contribution in [0.3, 0.4) is 0 Å². The van der Waals surface area contributed by atoms with Gasteiger partial charge >= 0.3 is 0 Å². The van der Waals surface area contributed by atoms with Crippen LogP contribution < -0.4 is 5.32 Å². The van der Waals surface area contributed by atoms with Gasteiger partial charge in [0.25, 0.3) is 0 Å². The van der Waals surface area contributed by atoms with Gasteiger partial charge in [0, 0.05) is 49.4 Å². The summed E-state index contributed by atoms with van der Waals surface area (Å²) in [5, 5.41) is 14.4. The maximum Gasteiger partial charge on any atom is 0.137 e. The molecule has 7 heteroatoms. The van der Waals surface area contributed by atoms with Crippen molar-refractivity contribution < 1.29 is 9.84 Å². The summed E-state index contributed by atoms with van der Waals surface area (Å²) in [5.41, 5.74) is 2.76. The fourth-order valence-corrected chi connectivity index (χ4v) is 4.63. The van der Waals surface area contributed by atoms with Crippen LogP contribution in [0.15, 0.2) is 43.0 Å². The van der Waals surface area contributed by atoms with Crippen LogP contribution in [-0.4, -0.2) is 63.3 Å². The van der Waals surface area contributed by atoms with Crippen LogP contribution in [-0.2, 0) is 4.74 Å². The van der Waals surface area contributed by atoms with Gasteiger partial charge in [-0.15, -0.1) is 0 Å². The van der Waals surface area contributed by atoms with Crippen LogP contribution in [0.2, 0.25) is 0 Å². The second-order valence-electron chi connectivity index (χ2n) is 8.35. The van der Waals surface area contributed by atoms with Crippen molar-refractivity contribution in [3.8, 4) is 16.9 Å². The Morgan fingerprint density at radius 1 is 1.03 bits per heavy atom. The number of hydrogen-bond donors (Lipinski definition) is 2. The summed E-state index contributed by atoms with van der Waals surface area (Å²) in [7, 11) is 1.80. The second-order valence-corrected chi connectivity index (χ2v) is 8.35. The minimum absolute atomic E-state index is 0.158. The van der Waals surface area contributed by atoms with E-state index in [9.17, 15) is 5.11 Å². The highest BCUT2D eigenvalue weighted by Crippen LogP contribution is 2.31. The first-order chi connectivity index (χ1) is 14.7. The fourth-order valence-electron chi connectivity index (χ4n) is 4.63. The molecule has 0 unspecified atom stereocenters. The van der Waals surface area contributed by atoms with Crippen molar-refractivity contribution in [3.05, 3.63) is 43.0 Å². The van der Waals surface area contributed by atoms with E-state index in [0.717, 1.165) is 53.8 Å². The van der Waals surface area contributed by atoms with Crippen LogP contribution >= 0.6 is 0 Å². The molecule has 1 aromatic carbocycles. The van der Waals surface area contributed by atoms with E-state index >= 15 is 0 Å². The lowest BCUT2D eigenvalue weighted by Crippen LogP contribution is -2.57. The minimum Gasteiger partial charge on any atom is -0.506 e. The van der Waals surface area contributed by atoms with E-state index in [4.69, 9.17) is 4.74 Å². The van der Waals surface area contributed by atoms with Crippen LogP contribution in [0.1, 0.15) is 25.7 Å². The minimum atomic E-state index is 0.158. The van der Waals surface area contributed by atoms with Crippen molar-refractivity contribution in [1.29, 1.82) is 0 Å². The molecular weight excluding hydrogens is 378 g/mol. The van der Waals surface area contributed by atoms with Crippen LogP contribution in [0.5, 0.6) is 5.75 Å². The Kier molecular flexibility index (Phi) is 5.23. The number of likely N-dealkylation sites (tertiary alicyclic amines) is 1. The van der Waals surface area contributed by atoms with E-state index in [1.54, 1.807) is 25.7 Å². The van der Waals surface area contributed by atoms with Crippen LogP contribution in [0.25, 0.3) is 22.0 Å². The fraction of sp³-hybridized carbons (Fsp3) is 0.435. The Bertz CT molecular complexity index is 1030. The summed E-state index contributed by atoms with van der Waals surface area (Å²) in [4.78, 5) is 15.6. The molecule has 0 spiro atoms. The largest absolute Gasteiger partial charge is 0.506 e. The highest BCUT2D eigenvalue weighted by molar-refractivity contribution is 5.92. The zero-order valence-electron chi connectivity index (χ0n) is 17.2. The molecule has 0 atom stereocenters. The predicted octanol–water partition coefficient (Wildman–Crippen LogP) is 3.45. The number of aromatic hydroxyl groups is 1. The molecule has 2 N–H and O–H groups in total. The highest BCUT2D eigenvalue weighted by atomic mass is 16.5. The molecule has 156 valence electrons. The molecular formula is C23H27N5O2. The lowest BCUT2D eigenvalue weighted by Gasteiger charge is -2.46. The third-order valence-corrected chi connectivity index (χ3v) is 6.46. The van der Waals surface area contributed by atoms with Crippen molar-refractivity contribution >= 4 is 16.7 Å². The van der Waals surface area contributed by atoms with Crippen molar-refractivity contribution in [2.75, 3.05) is 25.5 Å². The quantitative estimate of drug-likeness (QED) is 0.673. The summed E-state index contributed by atoms with van der Waals surface area (Å²) >= 11 is 0. The molecule has 1 saturated carbocycles. The average Bonchev–Trinajstić information content (AvgIpc) is 2.74. The molecule has 7 nitrogen and oxygen atoms in total. The summed E-state index contributed by atoms with van der Waals surface area (Å²) in [6.07, 6.45) is 9.92. The topological polar surface area (TPSA) is 83.4 Å². The van der Waals surface area contributed by atoms with Gasteiger partial charge in [0.2, 0.25) is 0 Å². The molecule has 1 aliphatic carbocycles. The Hall–Kier alpha value is -2.77. The second kappa shape index (κ2) is 8.16. The zero-order valence-corrected chi connectivity index (χ0v) is 17.2. The Labute approximate surface area is 176 Å². The third kappa shape index (κ3) is 3.82. The molecule has 0 bridgehead atoms. The van der Waals surface area contributed by atoms with E-state index in [-0.39, 0.29) is 5.75 Å². The summed E-state index contributed by atoms with van der Waals surface area (Å²) in [6, 6.07) is 8.89. The number of methoxy groups -OCH3 is 1. The molecule has 1 aliphatic heterocycles. The lowest BCUT2D eigenvalue weighted by molar-refractivity contribution is -0.0574. The van der Waals surface area contributed by atoms with Gasteiger partial charge in [-0.2, -0.15) is 0 Å². The summed E-state index contributed by atoms with van der Waals surface area (Å²) in [5.74, 6) is 1.04. The summed E-state index contributed by atoms with van der Waals surface area (Å²) < 4.78 is 5.41. The maximum atomic E-state index is 9.76. The number of nitrogens with one attached hydrogen (secondary N) is 1. The first kappa shape index (κ1) is 19.2. The highest BCUT2D eigenvalue weighted by Gasteiger charge is 2.34. The third-order valence-electron chi connectivity index (χ3n) is 6.46. The SMILES string of the molecule is COC1CN([C@H]2CC[C@H](Nc3ncnc4ccc(-c5cncc(O)c5)cc34)CC2)C1. The zero-order chi connectivity index (χ0) is 20.5. The van der Waals surface area contributed by atoms with E-state index in [0.29, 0.717) is 18.2 Å². The number of nitrogens with zero attached hydrogens (tertiary/aromatic N) is 4. The first-order valence-electron chi connectivity index (χ1n) is 10.6. The van der Waals surface area contributed by atoms with Gasteiger partial charge in [-0.1, -0.05) is 6.07 Å². The number of aromatic nitrogens is 3. The predicted molar refractivity (Wildman–Crippen MR) is 116 cm³/mol. The number of pyridine rings is 1. The molecule has 5 rings (SSSR count). The normalized spacial score (nSPS) is 22.7. The first-order valence-corrected chi connectivity index (χ1v) is 10.6. The van der Waals surface area contributed by atoms with Gasteiger partial charge in [-0.05, 0) is 49.4 Å². The number of benzene rings is 1. The van der Waals surface area contributed by atoms with Gasteiger partial charge in [-0.25, -0.2) is 9.97 Å². The Balaban J connectivity index is 1.30. The molecule has 3 heterocycles. The number of anilines is 1. The Morgan fingerprint density at radius 3 is 2.63 bits per heavy atom. The maximum absolute atomic E-state index is 9.76. The van der Waals surface area contributed by atoms with Crippen molar-refractivity contribution in [2.45, 2.75) is 43.9 Å². The monoisotopic (exact) mass is 405 g/mol. The van der Waals surface area contributed by atoms with Gasteiger partial charge in [-0.3, -0.25) is 9.88 Å². The summed E-state index contributed by atoms with van der Waals surface area (Å²) in [6.45, 7) is 2.14. The van der Waals surface area contributed by atoms with E-state index < -0.39 is 0 Å². The molecule has 2 aromatic heterocycles. The number of rotatable bonds is 5. The molecule has 0 radical (unpaired) electrons. The van der Waals surface area contributed by atoms with E-state index in [2.05, 4.69) is 31.2 Å². The van der Waals surface area contributed by atoms with E-state index in [1.165, 1.54) is 19.0 Å². The molecule has 3 aromatic rings. The average molecular weight is 406 g/mol. The van der Waals surface area contributed by atoms with E-state index in [1.807, 2.05) is 12.1 Å².